The molecule has 1 aromatic carbocycles. The van der Waals surface area contributed by atoms with E-state index in [4.69, 9.17) is 11.6 Å². The number of dihydropyridines is 1. The molecule has 158 valence electrons. The second kappa shape index (κ2) is 7.42. The van der Waals surface area contributed by atoms with Gasteiger partial charge in [0.15, 0.2) is 0 Å². The van der Waals surface area contributed by atoms with Gasteiger partial charge in [0.1, 0.15) is 12.2 Å². The summed E-state index contributed by atoms with van der Waals surface area (Å²) < 4.78 is 0. The molecule has 1 fully saturated rings. The van der Waals surface area contributed by atoms with E-state index in [2.05, 4.69) is 21.3 Å². The number of aliphatic imine (C=N–C) groups is 1. The molecule has 1 saturated carbocycles. The minimum Gasteiger partial charge on any atom is -0.349 e. The number of nitriles is 1. The molecule has 3 aliphatic rings. The Kier molecular flexibility index (Phi) is 5.17. The quantitative estimate of drug-likeness (QED) is 0.502. The number of alkyl halides is 1. The van der Waals surface area contributed by atoms with E-state index in [1.54, 1.807) is 39.1 Å². The predicted octanol–water partition coefficient (Wildman–Crippen LogP) is 3.83. The lowest BCUT2D eigenvalue weighted by molar-refractivity contribution is -0.204. The normalized spacial score (nSPS) is 24.3. The van der Waals surface area contributed by atoms with Crippen LogP contribution in [0.15, 0.2) is 46.5 Å². The minimum atomic E-state index is -2.05. The molecule has 3 N–H and O–H groups in total. The maximum atomic E-state index is 10.3. The van der Waals surface area contributed by atoms with Crippen LogP contribution in [0.5, 0.6) is 0 Å². The molecule has 2 atom stereocenters. The average Bonchev–Trinajstić information content (AvgIpc) is 2.93. The van der Waals surface area contributed by atoms with Gasteiger partial charge in [-0.25, -0.2) is 0 Å². The first kappa shape index (κ1) is 20.9. The summed E-state index contributed by atoms with van der Waals surface area (Å²) in [5.74, 6) is -2.05. The number of halogens is 1. The molecule has 30 heavy (non-hydrogen) atoms. The van der Waals surface area contributed by atoms with E-state index in [0.29, 0.717) is 17.3 Å². The molecule has 0 spiro atoms. The number of aliphatic hydroxyl groups is 2. The third-order valence-corrected chi connectivity index (χ3v) is 6.38. The standard InChI is InChI=1S/C23H27ClN4O2/c1-22(2,3)23(29,30)27-16-9-7-14(8-10-16)20-19(12-25)18-11-15(24)13-26-21(18)28(20)17-5-4-6-17/h7-11,13,15,17,21,27,29-30H,4-6H2,1-3H3. The lowest BCUT2D eigenvalue weighted by Gasteiger charge is -2.41. The zero-order valence-electron chi connectivity index (χ0n) is 17.4. The number of rotatable bonds is 4. The molecule has 2 heterocycles. The van der Waals surface area contributed by atoms with Crippen molar-refractivity contribution in [3.8, 4) is 6.07 Å². The SMILES string of the molecule is CC(C)(C)C(O)(O)Nc1ccc(C2=C(C#N)C3=CC(Cl)C=NC3N2C2CCC2)cc1. The Hall–Kier alpha value is -2.33. The summed E-state index contributed by atoms with van der Waals surface area (Å²) in [4.78, 5) is 6.91. The van der Waals surface area contributed by atoms with Gasteiger partial charge in [-0.3, -0.25) is 4.99 Å². The Bertz CT molecular complexity index is 962. The number of fused-ring (bicyclic) bond motifs is 1. The molecule has 0 bridgehead atoms. The van der Waals surface area contributed by atoms with Crippen LogP contribution in [-0.4, -0.2) is 44.8 Å². The van der Waals surface area contributed by atoms with Gasteiger partial charge >= 0.3 is 0 Å². The first-order valence-corrected chi connectivity index (χ1v) is 10.7. The van der Waals surface area contributed by atoms with E-state index in [1.165, 1.54) is 6.42 Å². The van der Waals surface area contributed by atoms with Crippen LogP contribution < -0.4 is 5.32 Å². The zero-order valence-corrected chi connectivity index (χ0v) is 18.2. The highest BCUT2D eigenvalue weighted by molar-refractivity contribution is 6.30. The summed E-state index contributed by atoms with van der Waals surface area (Å²) in [6.45, 7) is 5.23. The smallest absolute Gasteiger partial charge is 0.249 e. The fourth-order valence-electron chi connectivity index (χ4n) is 3.93. The van der Waals surface area contributed by atoms with E-state index in [0.717, 1.165) is 29.7 Å². The van der Waals surface area contributed by atoms with Gasteiger partial charge in [-0.1, -0.05) is 39.0 Å². The molecule has 0 saturated heterocycles. The van der Waals surface area contributed by atoms with Crippen LogP contribution >= 0.6 is 11.6 Å². The van der Waals surface area contributed by atoms with Gasteiger partial charge in [-0.2, -0.15) is 5.26 Å². The average molecular weight is 427 g/mol. The molecule has 7 heteroatoms. The number of anilines is 1. The third kappa shape index (κ3) is 3.51. The van der Waals surface area contributed by atoms with E-state index >= 15 is 0 Å². The highest BCUT2D eigenvalue weighted by atomic mass is 35.5. The molecule has 2 aliphatic heterocycles. The van der Waals surface area contributed by atoms with Crippen molar-refractivity contribution in [2.75, 3.05) is 5.32 Å². The Balaban J connectivity index is 1.70. The number of benzene rings is 1. The second-order valence-electron chi connectivity index (χ2n) is 9.19. The van der Waals surface area contributed by atoms with Crippen molar-refractivity contribution < 1.29 is 10.2 Å². The molecule has 0 radical (unpaired) electrons. The Labute approximate surface area is 182 Å². The minimum absolute atomic E-state index is 0.198. The summed E-state index contributed by atoms with van der Waals surface area (Å²) >= 11 is 6.26. The van der Waals surface area contributed by atoms with Crippen molar-refractivity contribution in [3.63, 3.8) is 0 Å². The van der Waals surface area contributed by atoms with E-state index < -0.39 is 11.3 Å². The van der Waals surface area contributed by atoms with Crippen molar-refractivity contribution in [2.24, 2.45) is 10.4 Å². The predicted molar refractivity (Wildman–Crippen MR) is 119 cm³/mol. The van der Waals surface area contributed by atoms with Crippen LogP contribution in [0, 0.1) is 16.7 Å². The molecular formula is C23H27ClN4O2. The first-order chi connectivity index (χ1) is 14.1. The highest BCUT2D eigenvalue weighted by Gasteiger charge is 2.43. The third-order valence-electron chi connectivity index (χ3n) is 6.14. The van der Waals surface area contributed by atoms with Gasteiger partial charge in [0, 0.05) is 28.9 Å². The van der Waals surface area contributed by atoms with Gasteiger partial charge in [0.2, 0.25) is 5.91 Å². The summed E-state index contributed by atoms with van der Waals surface area (Å²) in [6, 6.07) is 10.1. The molecule has 6 nitrogen and oxygen atoms in total. The van der Waals surface area contributed by atoms with Gasteiger partial charge in [0.05, 0.1) is 16.6 Å². The summed E-state index contributed by atoms with van der Waals surface area (Å²) in [6.07, 6.45) is 6.79. The number of nitrogens with zero attached hydrogens (tertiary/aromatic N) is 3. The summed E-state index contributed by atoms with van der Waals surface area (Å²) in [7, 11) is 0. The Morgan fingerprint density at radius 2 is 1.87 bits per heavy atom. The Morgan fingerprint density at radius 1 is 1.20 bits per heavy atom. The fraction of sp³-hybridized carbons (Fsp3) is 0.478. The largest absolute Gasteiger partial charge is 0.349 e. The maximum Gasteiger partial charge on any atom is 0.249 e. The number of hydrogen-bond donors (Lipinski definition) is 3. The maximum absolute atomic E-state index is 10.3. The lowest BCUT2D eigenvalue weighted by Crippen LogP contribution is -2.49. The summed E-state index contributed by atoms with van der Waals surface area (Å²) in [5, 5.41) is 33.1. The van der Waals surface area contributed by atoms with Crippen LogP contribution in [0.2, 0.25) is 0 Å². The van der Waals surface area contributed by atoms with Crippen LogP contribution in [0.3, 0.4) is 0 Å². The van der Waals surface area contributed by atoms with Crippen LogP contribution in [0.25, 0.3) is 5.70 Å². The van der Waals surface area contributed by atoms with Crippen LogP contribution in [-0.2, 0) is 0 Å². The topological polar surface area (TPSA) is 91.9 Å². The zero-order chi connectivity index (χ0) is 21.7. The molecule has 1 aliphatic carbocycles. The molecule has 0 aromatic heterocycles. The number of nitrogens with one attached hydrogen (secondary N) is 1. The van der Waals surface area contributed by atoms with Crippen molar-refractivity contribution in [1.82, 2.24) is 4.90 Å². The van der Waals surface area contributed by atoms with Crippen LogP contribution in [0.4, 0.5) is 5.69 Å². The highest BCUT2D eigenvalue weighted by Crippen LogP contribution is 2.46. The monoisotopic (exact) mass is 426 g/mol. The van der Waals surface area contributed by atoms with Crippen LogP contribution in [0.1, 0.15) is 45.6 Å². The van der Waals surface area contributed by atoms with E-state index in [9.17, 15) is 15.5 Å². The van der Waals surface area contributed by atoms with Gasteiger partial charge in [-0.05, 0) is 37.0 Å². The molecular weight excluding hydrogens is 400 g/mol. The van der Waals surface area contributed by atoms with Crippen molar-refractivity contribution >= 4 is 29.2 Å². The lowest BCUT2D eigenvalue weighted by atomic mass is 9.90. The number of allylic oxidation sites excluding steroid dienone is 1. The molecule has 4 rings (SSSR count). The number of hydrogen-bond acceptors (Lipinski definition) is 6. The fourth-order valence-corrected chi connectivity index (χ4v) is 4.13. The first-order valence-electron chi connectivity index (χ1n) is 10.3. The van der Waals surface area contributed by atoms with Crippen molar-refractivity contribution in [1.29, 1.82) is 5.26 Å². The second-order valence-corrected chi connectivity index (χ2v) is 9.69. The summed E-state index contributed by atoms with van der Waals surface area (Å²) in [5.41, 5.74) is 3.08. The van der Waals surface area contributed by atoms with E-state index in [1.807, 2.05) is 18.2 Å². The van der Waals surface area contributed by atoms with Gasteiger partial charge < -0.3 is 20.4 Å². The van der Waals surface area contributed by atoms with Gasteiger partial charge in [0.25, 0.3) is 0 Å². The molecule has 0 amide bonds. The molecule has 2 unspecified atom stereocenters. The van der Waals surface area contributed by atoms with E-state index in [-0.39, 0.29) is 11.5 Å². The van der Waals surface area contributed by atoms with Gasteiger partial charge in [-0.15, -0.1) is 11.6 Å². The van der Waals surface area contributed by atoms with Crippen molar-refractivity contribution in [3.05, 3.63) is 47.1 Å². The molecule has 1 aromatic rings. The Morgan fingerprint density at radius 3 is 2.40 bits per heavy atom. The van der Waals surface area contributed by atoms with Crippen molar-refractivity contribution in [2.45, 2.75) is 63.5 Å².